The van der Waals surface area contributed by atoms with Crippen LogP contribution in [0.3, 0.4) is 0 Å². The lowest BCUT2D eigenvalue weighted by atomic mass is 10.1. The summed E-state index contributed by atoms with van der Waals surface area (Å²) in [5, 5.41) is 8.10. The largest absolute Gasteiger partial charge is 0.495 e. The van der Waals surface area contributed by atoms with Crippen LogP contribution in [0, 0.1) is 5.92 Å². The molecule has 1 aromatic heterocycles. The first kappa shape index (κ1) is 18.4. The van der Waals surface area contributed by atoms with Crippen LogP contribution in [0.5, 0.6) is 5.75 Å². The maximum Gasteiger partial charge on any atom is 0.276 e. The van der Waals surface area contributed by atoms with Gasteiger partial charge >= 0.3 is 0 Å². The molecule has 0 aliphatic carbocycles. The van der Waals surface area contributed by atoms with Gasteiger partial charge in [0.2, 0.25) is 0 Å². The third-order valence-electron chi connectivity index (χ3n) is 4.11. The molecule has 1 amide bonds. The number of carbonyl (C=O) groups excluding carboxylic acids is 1. The first-order valence-corrected chi connectivity index (χ1v) is 8.65. The molecule has 0 aliphatic rings. The van der Waals surface area contributed by atoms with Crippen LogP contribution < -0.4 is 21.3 Å². The molecule has 0 aliphatic heterocycles. The van der Waals surface area contributed by atoms with Gasteiger partial charge in [-0.2, -0.15) is 5.10 Å². The molecule has 3 aromatic rings. The Balaban J connectivity index is 2.04. The van der Waals surface area contributed by atoms with Gasteiger partial charge in [0.05, 0.1) is 18.2 Å². The highest BCUT2D eigenvalue weighted by Gasteiger charge is 2.17. The smallest absolute Gasteiger partial charge is 0.276 e. The summed E-state index contributed by atoms with van der Waals surface area (Å²) in [6, 6.07) is 12.0. The average Bonchev–Trinajstić information content (AvgIpc) is 2.64. The summed E-state index contributed by atoms with van der Waals surface area (Å²) < 4.78 is 6.48. The lowest BCUT2D eigenvalue weighted by Gasteiger charge is -2.13. The van der Waals surface area contributed by atoms with Crippen molar-refractivity contribution in [2.75, 3.05) is 18.2 Å². The van der Waals surface area contributed by atoms with Gasteiger partial charge in [0.1, 0.15) is 5.75 Å². The maximum absolute atomic E-state index is 12.9. The fourth-order valence-corrected chi connectivity index (χ4v) is 2.87. The molecule has 3 rings (SSSR count). The standard InChI is InChI=1S/C20H22N4O3/c1-12(2)11-24-20(26)15-7-5-4-6-14(15)18(23-24)19(25)22-13-8-9-17(27-3)16(21)10-13/h4-10,12H,11,21H2,1-3H3,(H,22,25). The van der Waals surface area contributed by atoms with E-state index in [1.54, 1.807) is 42.5 Å². The Bertz CT molecular complexity index is 1060. The summed E-state index contributed by atoms with van der Waals surface area (Å²) in [6.07, 6.45) is 0. The zero-order valence-corrected chi connectivity index (χ0v) is 15.5. The summed E-state index contributed by atoms with van der Waals surface area (Å²) in [7, 11) is 1.53. The van der Waals surface area contributed by atoms with E-state index in [0.717, 1.165) is 0 Å². The molecule has 0 unspecified atom stereocenters. The number of benzene rings is 2. The van der Waals surface area contributed by atoms with Crippen LogP contribution in [-0.4, -0.2) is 22.8 Å². The lowest BCUT2D eigenvalue weighted by Crippen LogP contribution is -2.29. The summed E-state index contributed by atoms with van der Waals surface area (Å²) in [5.74, 6) is 0.337. The Morgan fingerprint density at radius 2 is 1.93 bits per heavy atom. The van der Waals surface area contributed by atoms with Gasteiger partial charge in [0, 0.05) is 17.6 Å². The topological polar surface area (TPSA) is 99.2 Å². The van der Waals surface area contributed by atoms with Gasteiger partial charge < -0.3 is 15.8 Å². The van der Waals surface area contributed by atoms with E-state index in [-0.39, 0.29) is 17.2 Å². The minimum atomic E-state index is -0.409. The molecule has 140 valence electrons. The third-order valence-corrected chi connectivity index (χ3v) is 4.11. The van der Waals surface area contributed by atoms with E-state index < -0.39 is 5.91 Å². The number of nitrogens with zero attached hydrogens (tertiary/aromatic N) is 2. The number of carbonyl (C=O) groups is 1. The third kappa shape index (κ3) is 3.76. The predicted octanol–water partition coefficient (Wildman–Crippen LogP) is 2.90. The van der Waals surface area contributed by atoms with Crippen molar-refractivity contribution in [3.8, 4) is 5.75 Å². The number of nitrogens with one attached hydrogen (secondary N) is 1. The number of rotatable bonds is 5. The second-order valence-corrected chi connectivity index (χ2v) is 6.69. The molecular weight excluding hydrogens is 344 g/mol. The molecule has 7 nitrogen and oxygen atoms in total. The quantitative estimate of drug-likeness (QED) is 0.677. The van der Waals surface area contributed by atoms with Gasteiger partial charge in [-0.25, -0.2) is 4.68 Å². The van der Waals surface area contributed by atoms with Crippen LogP contribution in [0.4, 0.5) is 11.4 Å². The molecule has 0 saturated carbocycles. The van der Waals surface area contributed by atoms with E-state index in [4.69, 9.17) is 10.5 Å². The molecule has 0 fully saturated rings. The summed E-state index contributed by atoms with van der Waals surface area (Å²) in [6.45, 7) is 4.41. The molecule has 0 bridgehead atoms. The van der Waals surface area contributed by atoms with Crippen molar-refractivity contribution in [2.45, 2.75) is 20.4 Å². The number of fused-ring (bicyclic) bond motifs is 1. The van der Waals surface area contributed by atoms with E-state index in [9.17, 15) is 9.59 Å². The number of ether oxygens (including phenoxy) is 1. The summed E-state index contributed by atoms with van der Waals surface area (Å²) >= 11 is 0. The Morgan fingerprint density at radius 1 is 1.22 bits per heavy atom. The zero-order valence-electron chi connectivity index (χ0n) is 15.5. The molecule has 0 spiro atoms. The predicted molar refractivity (Wildman–Crippen MR) is 106 cm³/mol. The summed E-state index contributed by atoms with van der Waals surface area (Å²) in [5.41, 5.74) is 6.82. The number of methoxy groups -OCH3 is 1. The van der Waals surface area contributed by atoms with Gasteiger partial charge in [-0.1, -0.05) is 32.0 Å². The van der Waals surface area contributed by atoms with Crippen molar-refractivity contribution in [1.29, 1.82) is 0 Å². The number of anilines is 2. The monoisotopic (exact) mass is 366 g/mol. The first-order chi connectivity index (χ1) is 12.9. The van der Waals surface area contributed by atoms with Crippen molar-refractivity contribution in [1.82, 2.24) is 9.78 Å². The molecule has 27 heavy (non-hydrogen) atoms. The molecule has 7 heteroatoms. The number of nitrogen functional groups attached to an aromatic ring is 1. The van der Waals surface area contributed by atoms with Crippen LogP contribution >= 0.6 is 0 Å². The Labute approximate surface area is 156 Å². The fraction of sp³-hybridized carbons (Fsp3) is 0.250. The SMILES string of the molecule is COc1ccc(NC(=O)c2nn(CC(C)C)c(=O)c3ccccc23)cc1N. The lowest BCUT2D eigenvalue weighted by molar-refractivity contribution is 0.102. The molecular formula is C20H22N4O3. The van der Waals surface area contributed by atoms with Gasteiger partial charge in [-0.05, 0) is 30.2 Å². The van der Waals surface area contributed by atoms with Gasteiger partial charge in [0.15, 0.2) is 5.69 Å². The Kier molecular flexibility index (Phi) is 5.12. The Hall–Kier alpha value is -3.35. The highest BCUT2D eigenvalue weighted by Crippen LogP contribution is 2.25. The first-order valence-electron chi connectivity index (χ1n) is 8.65. The van der Waals surface area contributed by atoms with Crippen molar-refractivity contribution in [2.24, 2.45) is 5.92 Å². The minimum Gasteiger partial charge on any atom is -0.495 e. The van der Waals surface area contributed by atoms with Gasteiger partial charge in [-0.3, -0.25) is 9.59 Å². The minimum absolute atomic E-state index is 0.195. The molecule has 0 saturated heterocycles. The van der Waals surface area contributed by atoms with Crippen molar-refractivity contribution < 1.29 is 9.53 Å². The molecule has 3 N–H and O–H groups in total. The number of nitrogens with two attached hydrogens (primary N) is 1. The van der Waals surface area contributed by atoms with Crippen LogP contribution in [0.15, 0.2) is 47.3 Å². The Morgan fingerprint density at radius 3 is 2.56 bits per heavy atom. The summed E-state index contributed by atoms with van der Waals surface area (Å²) in [4.78, 5) is 25.5. The van der Waals surface area contributed by atoms with Crippen molar-refractivity contribution in [3.63, 3.8) is 0 Å². The maximum atomic E-state index is 12.9. The van der Waals surface area contributed by atoms with E-state index in [1.165, 1.54) is 11.8 Å². The van der Waals surface area contributed by atoms with Crippen LogP contribution in [-0.2, 0) is 6.54 Å². The number of aromatic nitrogens is 2. The highest BCUT2D eigenvalue weighted by molar-refractivity contribution is 6.11. The van der Waals surface area contributed by atoms with Gasteiger partial charge in [-0.15, -0.1) is 0 Å². The molecule has 1 heterocycles. The van der Waals surface area contributed by atoms with E-state index >= 15 is 0 Å². The molecule has 0 atom stereocenters. The van der Waals surface area contributed by atoms with E-state index in [2.05, 4.69) is 10.4 Å². The van der Waals surface area contributed by atoms with Gasteiger partial charge in [0.25, 0.3) is 11.5 Å². The molecule has 2 aromatic carbocycles. The van der Waals surface area contributed by atoms with E-state index in [0.29, 0.717) is 34.4 Å². The van der Waals surface area contributed by atoms with Crippen molar-refractivity contribution in [3.05, 3.63) is 58.5 Å². The van der Waals surface area contributed by atoms with Crippen LogP contribution in [0.1, 0.15) is 24.3 Å². The second-order valence-electron chi connectivity index (χ2n) is 6.69. The average molecular weight is 366 g/mol. The number of hydrogen-bond donors (Lipinski definition) is 2. The number of hydrogen-bond acceptors (Lipinski definition) is 5. The number of amides is 1. The normalized spacial score (nSPS) is 11.0. The highest BCUT2D eigenvalue weighted by atomic mass is 16.5. The van der Waals surface area contributed by atoms with E-state index in [1.807, 2.05) is 13.8 Å². The van der Waals surface area contributed by atoms with Crippen LogP contribution in [0.25, 0.3) is 10.8 Å². The van der Waals surface area contributed by atoms with Crippen molar-refractivity contribution >= 4 is 28.1 Å². The zero-order chi connectivity index (χ0) is 19.6. The van der Waals surface area contributed by atoms with Crippen LogP contribution in [0.2, 0.25) is 0 Å². The second kappa shape index (κ2) is 7.49. The molecule has 0 radical (unpaired) electrons. The fourth-order valence-electron chi connectivity index (χ4n) is 2.87.